The number of tetrazole rings is 1. The number of nitrogens with one attached hydrogen (secondary N) is 1. The number of ether oxygens (including phenoxy) is 1. The summed E-state index contributed by atoms with van der Waals surface area (Å²) in [6, 6.07) is 5.71. The monoisotopic (exact) mass is 371 g/mol. The van der Waals surface area contributed by atoms with Gasteiger partial charge in [-0.15, -0.1) is 5.10 Å². The molecule has 1 N–H and O–H groups in total. The van der Waals surface area contributed by atoms with E-state index < -0.39 is 0 Å². The van der Waals surface area contributed by atoms with E-state index in [0.29, 0.717) is 17.8 Å². The lowest BCUT2D eigenvalue weighted by atomic mass is 9.75. The van der Waals surface area contributed by atoms with Gasteiger partial charge in [-0.25, -0.2) is 4.68 Å². The van der Waals surface area contributed by atoms with Gasteiger partial charge in [0.1, 0.15) is 12.9 Å². The summed E-state index contributed by atoms with van der Waals surface area (Å²) in [5.74, 6) is 1.62. The van der Waals surface area contributed by atoms with Crippen molar-refractivity contribution in [1.82, 2.24) is 20.2 Å². The maximum atomic E-state index is 12.5. The van der Waals surface area contributed by atoms with Crippen LogP contribution in [0.15, 0.2) is 24.5 Å². The van der Waals surface area contributed by atoms with Crippen molar-refractivity contribution in [1.29, 1.82) is 0 Å². The number of benzene rings is 1. The van der Waals surface area contributed by atoms with Crippen LogP contribution in [-0.2, 0) is 9.53 Å². The van der Waals surface area contributed by atoms with E-state index >= 15 is 0 Å². The Labute approximate surface area is 160 Å². The van der Waals surface area contributed by atoms with E-state index in [9.17, 15) is 4.79 Å². The van der Waals surface area contributed by atoms with E-state index in [1.165, 1.54) is 19.2 Å². The number of aryl methyl sites for hydroxylation is 1. The van der Waals surface area contributed by atoms with Crippen LogP contribution in [0.3, 0.4) is 0 Å². The first-order chi connectivity index (χ1) is 12.9. The second kappa shape index (κ2) is 8.61. The molecule has 27 heavy (non-hydrogen) atoms. The molecule has 0 radical (unpaired) electrons. The molecule has 3 atom stereocenters. The third kappa shape index (κ3) is 4.91. The predicted octanol–water partition coefficient (Wildman–Crippen LogP) is 3.39. The summed E-state index contributed by atoms with van der Waals surface area (Å²) in [4.78, 5) is 12.5. The Morgan fingerprint density at radius 2 is 2.19 bits per heavy atom. The first-order valence-corrected chi connectivity index (χ1v) is 9.69. The van der Waals surface area contributed by atoms with Crippen molar-refractivity contribution < 1.29 is 9.53 Å². The molecule has 1 saturated carbocycles. The predicted molar refractivity (Wildman–Crippen MR) is 104 cm³/mol. The van der Waals surface area contributed by atoms with Crippen LogP contribution in [0, 0.1) is 24.7 Å². The van der Waals surface area contributed by atoms with Gasteiger partial charge in [0, 0.05) is 5.69 Å². The van der Waals surface area contributed by atoms with Crippen molar-refractivity contribution in [2.45, 2.75) is 53.1 Å². The summed E-state index contributed by atoms with van der Waals surface area (Å²) in [6.45, 7) is 8.78. The SMILES string of the molecule is Cc1ccc(-n2cnnn2)cc1NC(=O)COC1CC(C)CCC1C(C)C. The van der Waals surface area contributed by atoms with Gasteiger partial charge in [0.05, 0.1) is 11.8 Å². The summed E-state index contributed by atoms with van der Waals surface area (Å²) in [6.07, 6.45) is 5.14. The summed E-state index contributed by atoms with van der Waals surface area (Å²) < 4.78 is 7.61. The van der Waals surface area contributed by atoms with Gasteiger partial charge in [-0.2, -0.15) is 0 Å². The lowest BCUT2D eigenvalue weighted by molar-refractivity contribution is -0.126. The smallest absolute Gasteiger partial charge is 0.250 e. The minimum atomic E-state index is -0.132. The molecule has 1 heterocycles. The van der Waals surface area contributed by atoms with Gasteiger partial charge in [0.25, 0.3) is 0 Å². The number of carbonyl (C=O) groups is 1. The van der Waals surface area contributed by atoms with E-state index in [2.05, 4.69) is 41.6 Å². The highest BCUT2D eigenvalue weighted by Gasteiger charge is 2.31. The number of anilines is 1. The van der Waals surface area contributed by atoms with Gasteiger partial charge < -0.3 is 10.1 Å². The maximum Gasteiger partial charge on any atom is 0.250 e. The molecule has 1 fully saturated rings. The Morgan fingerprint density at radius 3 is 2.89 bits per heavy atom. The molecule has 1 aromatic heterocycles. The normalized spacial score (nSPS) is 22.8. The molecule has 3 rings (SSSR count). The van der Waals surface area contributed by atoms with E-state index in [1.54, 1.807) is 4.68 Å². The van der Waals surface area contributed by atoms with Crippen LogP contribution in [0.25, 0.3) is 5.69 Å². The van der Waals surface area contributed by atoms with E-state index in [4.69, 9.17) is 4.74 Å². The lowest BCUT2D eigenvalue weighted by Gasteiger charge is -2.37. The van der Waals surface area contributed by atoms with Crippen LogP contribution in [-0.4, -0.2) is 38.8 Å². The van der Waals surface area contributed by atoms with Crippen LogP contribution in [0.4, 0.5) is 5.69 Å². The Morgan fingerprint density at radius 1 is 1.37 bits per heavy atom. The fraction of sp³-hybridized carbons (Fsp3) is 0.600. The summed E-state index contributed by atoms with van der Waals surface area (Å²) >= 11 is 0. The number of nitrogens with zero attached hydrogens (tertiary/aromatic N) is 4. The first kappa shape index (κ1) is 19.5. The molecule has 1 amide bonds. The zero-order chi connectivity index (χ0) is 19.4. The van der Waals surface area contributed by atoms with Crippen LogP contribution in [0.5, 0.6) is 0 Å². The van der Waals surface area contributed by atoms with Crippen molar-refractivity contribution in [2.75, 3.05) is 11.9 Å². The molecular formula is C20H29N5O2. The van der Waals surface area contributed by atoms with Gasteiger partial charge >= 0.3 is 0 Å². The molecule has 7 nitrogen and oxygen atoms in total. The van der Waals surface area contributed by atoms with Gasteiger partial charge in [-0.1, -0.05) is 33.3 Å². The lowest BCUT2D eigenvalue weighted by Crippen LogP contribution is -2.36. The van der Waals surface area contributed by atoms with Crippen LogP contribution in [0.1, 0.15) is 45.6 Å². The highest BCUT2D eigenvalue weighted by molar-refractivity contribution is 5.92. The highest BCUT2D eigenvalue weighted by Crippen LogP contribution is 2.35. The van der Waals surface area contributed by atoms with Crippen molar-refractivity contribution >= 4 is 11.6 Å². The Balaban J connectivity index is 1.61. The Bertz CT molecular complexity index is 760. The number of carbonyl (C=O) groups excluding carboxylic acids is 1. The fourth-order valence-corrected chi connectivity index (χ4v) is 3.84. The molecule has 3 unspecified atom stereocenters. The van der Waals surface area contributed by atoms with Gasteiger partial charge in [0.15, 0.2) is 0 Å². The van der Waals surface area contributed by atoms with Crippen LogP contribution in [0.2, 0.25) is 0 Å². The summed E-state index contributed by atoms with van der Waals surface area (Å²) in [5.41, 5.74) is 2.52. The Hall–Kier alpha value is -2.28. The zero-order valence-corrected chi connectivity index (χ0v) is 16.6. The molecule has 0 bridgehead atoms. The number of rotatable bonds is 6. The van der Waals surface area contributed by atoms with Gasteiger partial charge in [0.2, 0.25) is 5.91 Å². The standard InChI is InChI=1S/C20H29N5O2/c1-13(2)17-8-5-14(3)9-19(17)27-11-20(26)22-18-10-16(7-6-15(18)4)25-12-21-23-24-25/h6-7,10,12-14,17,19H,5,8-9,11H2,1-4H3,(H,22,26). The fourth-order valence-electron chi connectivity index (χ4n) is 3.84. The number of hydrogen-bond acceptors (Lipinski definition) is 5. The average molecular weight is 371 g/mol. The molecule has 146 valence electrons. The second-order valence-electron chi connectivity index (χ2n) is 7.98. The molecule has 1 aliphatic rings. The molecule has 0 saturated heterocycles. The minimum absolute atomic E-state index is 0.0785. The molecular weight excluding hydrogens is 342 g/mol. The first-order valence-electron chi connectivity index (χ1n) is 9.69. The van der Waals surface area contributed by atoms with E-state index in [1.807, 2.05) is 25.1 Å². The molecule has 2 aromatic rings. The van der Waals surface area contributed by atoms with Gasteiger partial charge in [-0.05, 0) is 65.6 Å². The van der Waals surface area contributed by atoms with Crippen LogP contribution < -0.4 is 5.32 Å². The number of hydrogen-bond donors (Lipinski definition) is 1. The van der Waals surface area contributed by atoms with Crippen molar-refractivity contribution in [3.8, 4) is 5.69 Å². The molecule has 1 aliphatic carbocycles. The van der Waals surface area contributed by atoms with Gasteiger partial charge in [-0.3, -0.25) is 4.79 Å². The van der Waals surface area contributed by atoms with Crippen molar-refractivity contribution in [2.24, 2.45) is 17.8 Å². The quantitative estimate of drug-likeness (QED) is 0.842. The third-order valence-electron chi connectivity index (χ3n) is 5.50. The van der Waals surface area contributed by atoms with Crippen molar-refractivity contribution in [3.63, 3.8) is 0 Å². The molecule has 7 heteroatoms. The topological polar surface area (TPSA) is 81.9 Å². The number of aromatic nitrogens is 4. The Kier molecular flexibility index (Phi) is 6.21. The summed E-state index contributed by atoms with van der Waals surface area (Å²) in [7, 11) is 0. The number of amides is 1. The molecule has 0 aliphatic heterocycles. The molecule has 0 spiro atoms. The van der Waals surface area contributed by atoms with Crippen molar-refractivity contribution in [3.05, 3.63) is 30.1 Å². The third-order valence-corrected chi connectivity index (χ3v) is 5.50. The minimum Gasteiger partial charge on any atom is -0.368 e. The maximum absolute atomic E-state index is 12.5. The van der Waals surface area contributed by atoms with E-state index in [-0.39, 0.29) is 18.6 Å². The second-order valence-corrected chi connectivity index (χ2v) is 7.98. The average Bonchev–Trinajstić information content (AvgIpc) is 3.16. The van der Waals surface area contributed by atoms with E-state index in [0.717, 1.165) is 23.4 Å². The van der Waals surface area contributed by atoms with Crippen LogP contribution >= 0.6 is 0 Å². The molecule has 1 aromatic carbocycles. The highest BCUT2D eigenvalue weighted by atomic mass is 16.5. The summed E-state index contributed by atoms with van der Waals surface area (Å²) in [5, 5.41) is 14.1. The largest absolute Gasteiger partial charge is 0.368 e. The zero-order valence-electron chi connectivity index (χ0n) is 16.6.